The lowest BCUT2D eigenvalue weighted by Gasteiger charge is -2.20. The van der Waals surface area contributed by atoms with Gasteiger partial charge >= 0.3 is 0 Å². The second-order valence-corrected chi connectivity index (χ2v) is 11.1. The summed E-state index contributed by atoms with van der Waals surface area (Å²) in [6.45, 7) is 2.40. The smallest absolute Gasteiger partial charge is 0.268 e. The number of halogens is 1. The van der Waals surface area contributed by atoms with Gasteiger partial charge in [0.1, 0.15) is 24.2 Å². The van der Waals surface area contributed by atoms with E-state index in [1.165, 1.54) is 13.2 Å². The minimum Gasteiger partial charge on any atom is -0.497 e. The zero-order valence-corrected chi connectivity index (χ0v) is 23.8. The molecule has 0 aliphatic heterocycles. The molecular weight excluding hydrogens is 552 g/mol. The van der Waals surface area contributed by atoms with E-state index in [-0.39, 0.29) is 17.9 Å². The molecule has 1 unspecified atom stereocenters. The molecular formula is C30H29ClN2O6S. The van der Waals surface area contributed by atoms with Gasteiger partial charge in [0.15, 0.2) is 0 Å². The summed E-state index contributed by atoms with van der Waals surface area (Å²) in [5, 5.41) is 1.65. The largest absolute Gasteiger partial charge is 0.497 e. The molecule has 208 valence electrons. The normalized spacial score (nSPS) is 12.4. The molecule has 0 aliphatic rings. The zero-order valence-electron chi connectivity index (χ0n) is 22.3. The van der Waals surface area contributed by atoms with Crippen molar-refractivity contribution in [2.75, 3.05) is 26.6 Å². The van der Waals surface area contributed by atoms with Crippen LogP contribution in [-0.2, 0) is 14.8 Å². The van der Waals surface area contributed by atoms with Crippen LogP contribution in [0.3, 0.4) is 0 Å². The molecule has 0 spiro atoms. The van der Waals surface area contributed by atoms with Gasteiger partial charge in [0.2, 0.25) is 10.0 Å². The molecule has 1 N–H and O–H groups in total. The van der Waals surface area contributed by atoms with Gasteiger partial charge in [0, 0.05) is 17.0 Å². The van der Waals surface area contributed by atoms with E-state index in [1.807, 2.05) is 78.4 Å². The van der Waals surface area contributed by atoms with E-state index >= 15 is 0 Å². The van der Waals surface area contributed by atoms with Gasteiger partial charge in [-0.25, -0.2) is 18.1 Å². The Balaban J connectivity index is 1.53. The number of pyridine rings is 1. The number of ether oxygens (including phenoxy) is 3. The molecule has 0 radical (unpaired) electrons. The highest BCUT2D eigenvalue weighted by Gasteiger charge is 2.20. The van der Waals surface area contributed by atoms with Crippen molar-refractivity contribution in [1.29, 1.82) is 0 Å². The van der Waals surface area contributed by atoms with Crippen molar-refractivity contribution in [3.63, 3.8) is 0 Å². The fourth-order valence-corrected chi connectivity index (χ4v) is 4.63. The Bertz CT molecular complexity index is 1660. The lowest BCUT2D eigenvalue weighted by Crippen LogP contribution is -2.30. The number of hydrogen-bond donors (Lipinski definition) is 1. The number of carbonyl (C=O) groups excluding carboxylic acids is 1. The zero-order chi connectivity index (χ0) is 28.7. The Morgan fingerprint density at radius 2 is 1.85 bits per heavy atom. The van der Waals surface area contributed by atoms with E-state index in [0.29, 0.717) is 17.4 Å². The molecule has 0 aliphatic carbocycles. The van der Waals surface area contributed by atoms with Crippen LogP contribution >= 0.6 is 11.6 Å². The molecule has 1 aromatic heterocycles. The first-order valence-electron chi connectivity index (χ1n) is 12.4. The second-order valence-electron chi connectivity index (χ2n) is 8.90. The van der Waals surface area contributed by atoms with E-state index in [2.05, 4.69) is 4.98 Å². The van der Waals surface area contributed by atoms with Gasteiger partial charge in [0.25, 0.3) is 5.91 Å². The highest BCUT2D eigenvalue weighted by Crippen LogP contribution is 2.27. The van der Waals surface area contributed by atoms with Crippen molar-refractivity contribution in [1.82, 2.24) is 9.71 Å². The first-order valence-corrected chi connectivity index (χ1v) is 14.7. The summed E-state index contributed by atoms with van der Waals surface area (Å²) >= 11 is 6.11. The highest BCUT2D eigenvalue weighted by molar-refractivity contribution is 7.89. The van der Waals surface area contributed by atoms with Crippen LogP contribution in [0.1, 0.15) is 40.2 Å². The summed E-state index contributed by atoms with van der Waals surface area (Å²) in [6, 6.07) is 22.0. The SMILES string of the molecule is CCOC(COc1ccc(OC)cc1C(=O)NS(C)(=O)=O)c1cccc(/C=C/c2ccc3ccc(Cl)cc3n2)c1. The molecule has 10 heteroatoms. The van der Waals surface area contributed by atoms with E-state index in [9.17, 15) is 13.2 Å². The van der Waals surface area contributed by atoms with Crippen LogP contribution in [0, 0.1) is 0 Å². The Hall–Kier alpha value is -3.92. The molecule has 1 heterocycles. The number of nitrogens with zero attached hydrogens (tertiary/aromatic N) is 1. The Labute approximate surface area is 238 Å². The number of aromatic nitrogens is 1. The number of nitrogens with one attached hydrogen (secondary N) is 1. The fraction of sp³-hybridized carbons (Fsp3) is 0.200. The summed E-state index contributed by atoms with van der Waals surface area (Å²) in [5.41, 5.74) is 3.45. The van der Waals surface area contributed by atoms with Crippen molar-refractivity contribution in [3.8, 4) is 11.5 Å². The predicted molar refractivity (Wildman–Crippen MR) is 157 cm³/mol. The van der Waals surface area contributed by atoms with Gasteiger partial charge in [-0.1, -0.05) is 48.0 Å². The van der Waals surface area contributed by atoms with Crippen LogP contribution in [0.15, 0.2) is 72.8 Å². The number of rotatable bonds is 11. The van der Waals surface area contributed by atoms with Crippen molar-refractivity contribution in [3.05, 3.63) is 100 Å². The standard InChI is InChI=1S/C30H29ClN2O6S/c1-4-38-29(19-39-28-15-14-25(37-2)18-26(28)30(34)33-40(3,35)36)22-7-5-6-20(16-22)8-12-24-13-10-21-9-11-23(31)17-27(21)32-24/h5-18,29H,4,19H2,1-3H3,(H,33,34)/b12-8+. The van der Waals surface area contributed by atoms with Gasteiger partial charge < -0.3 is 14.2 Å². The first kappa shape index (κ1) is 29.1. The second kappa shape index (κ2) is 13.0. The van der Waals surface area contributed by atoms with Gasteiger partial charge in [-0.3, -0.25) is 4.79 Å². The lowest BCUT2D eigenvalue weighted by atomic mass is 10.1. The van der Waals surface area contributed by atoms with E-state index < -0.39 is 22.0 Å². The third kappa shape index (κ3) is 7.81. The average Bonchev–Trinajstić information content (AvgIpc) is 2.93. The van der Waals surface area contributed by atoms with Crippen LogP contribution in [-0.4, -0.2) is 45.9 Å². The molecule has 0 saturated carbocycles. The van der Waals surface area contributed by atoms with E-state index in [1.54, 1.807) is 12.1 Å². The number of fused-ring (bicyclic) bond motifs is 1. The molecule has 1 atom stereocenters. The van der Waals surface area contributed by atoms with Gasteiger partial charge in [-0.05, 0) is 66.6 Å². The van der Waals surface area contributed by atoms with Crippen LogP contribution in [0.5, 0.6) is 11.5 Å². The van der Waals surface area contributed by atoms with E-state index in [0.717, 1.165) is 34.0 Å². The summed E-state index contributed by atoms with van der Waals surface area (Å²) in [5.74, 6) is -0.234. The average molecular weight is 581 g/mol. The molecule has 0 saturated heterocycles. The molecule has 0 fully saturated rings. The third-order valence-electron chi connectivity index (χ3n) is 5.87. The topological polar surface area (TPSA) is 104 Å². The van der Waals surface area contributed by atoms with Crippen molar-refractivity contribution in [2.45, 2.75) is 13.0 Å². The minimum atomic E-state index is -3.77. The Morgan fingerprint density at radius 3 is 2.60 bits per heavy atom. The van der Waals surface area contributed by atoms with Crippen molar-refractivity contribution >= 4 is 50.6 Å². The predicted octanol–water partition coefficient (Wildman–Crippen LogP) is 5.91. The van der Waals surface area contributed by atoms with Gasteiger partial charge in [-0.15, -0.1) is 0 Å². The van der Waals surface area contributed by atoms with Crippen molar-refractivity contribution < 1.29 is 27.4 Å². The van der Waals surface area contributed by atoms with Crippen LogP contribution in [0.2, 0.25) is 5.02 Å². The fourth-order valence-electron chi connectivity index (χ4n) is 4.01. The lowest BCUT2D eigenvalue weighted by molar-refractivity contribution is 0.0263. The maximum atomic E-state index is 12.6. The maximum Gasteiger partial charge on any atom is 0.268 e. The Kier molecular flexibility index (Phi) is 9.42. The quantitative estimate of drug-likeness (QED) is 0.235. The number of amides is 1. The van der Waals surface area contributed by atoms with E-state index in [4.69, 9.17) is 25.8 Å². The number of benzene rings is 3. The summed E-state index contributed by atoms with van der Waals surface area (Å²) in [6.07, 6.45) is 4.34. The molecule has 1 amide bonds. The van der Waals surface area contributed by atoms with Crippen LogP contribution < -0.4 is 14.2 Å². The molecule has 4 rings (SSSR count). The number of carbonyl (C=O) groups is 1. The molecule has 40 heavy (non-hydrogen) atoms. The number of hydrogen-bond acceptors (Lipinski definition) is 7. The van der Waals surface area contributed by atoms with Crippen LogP contribution in [0.4, 0.5) is 0 Å². The monoisotopic (exact) mass is 580 g/mol. The van der Waals surface area contributed by atoms with Crippen LogP contribution in [0.25, 0.3) is 23.1 Å². The number of methoxy groups -OCH3 is 1. The maximum absolute atomic E-state index is 12.6. The van der Waals surface area contributed by atoms with Crippen molar-refractivity contribution in [2.24, 2.45) is 0 Å². The molecule has 8 nitrogen and oxygen atoms in total. The summed E-state index contributed by atoms with van der Waals surface area (Å²) in [7, 11) is -2.32. The third-order valence-corrected chi connectivity index (χ3v) is 6.66. The number of sulfonamides is 1. The van der Waals surface area contributed by atoms with Gasteiger partial charge in [-0.2, -0.15) is 0 Å². The van der Waals surface area contributed by atoms with Gasteiger partial charge in [0.05, 0.1) is 30.1 Å². The molecule has 4 aromatic rings. The highest BCUT2D eigenvalue weighted by atomic mass is 35.5. The first-order chi connectivity index (χ1) is 19.1. The summed E-state index contributed by atoms with van der Waals surface area (Å²) < 4.78 is 42.4. The molecule has 3 aromatic carbocycles. The summed E-state index contributed by atoms with van der Waals surface area (Å²) in [4.78, 5) is 17.3. The minimum absolute atomic E-state index is 0.0286. The molecule has 0 bridgehead atoms. The Morgan fingerprint density at radius 1 is 1.05 bits per heavy atom.